The molecule has 0 saturated carbocycles. The molecule has 1 aromatic carbocycles. The normalized spacial score (nSPS) is 22.6. The van der Waals surface area contributed by atoms with E-state index in [2.05, 4.69) is 59.5 Å². The smallest absolute Gasteiger partial charge is 0.242 e. The molecule has 0 bridgehead atoms. The summed E-state index contributed by atoms with van der Waals surface area (Å²) in [5.41, 5.74) is 2.62. The van der Waals surface area contributed by atoms with Crippen molar-refractivity contribution in [1.82, 2.24) is 20.4 Å². The van der Waals surface area contributed by atoms with E-state index in [-0.39, 0.29) is 36.4 Å². The Morgan fingerprint density at radius 3 is 2.61 bits per heavy atom. The van der Waals surface area contributed by atoms with Crippen LogP contribution in [0.15, 0.2) is 29.3 Å². The van der Waals surface area contributed by atoms with Crippen LogP contribution in [0.5, 0.6) is 0 Å². The van der Waals surface area contributed by atoms with E-state index in [4.69, 9.17) is 0 Å². The van der Waals surface area contributed by atoms with Crippen molar-refractivity contribution >= 4 is 35.8 Å². The summed E-state index contributed by atoms with van der Waals surface area (Å²) in [5.74, 6) is 1.39. The van der Waals surface area contributed by atoms with Gasteiger partial charge in [0.1, 0.15) is 0 Å². The average molecular weight is 499 g/mol. The summed E-state index contributed by atoms with van der Waals surface area (Å²) in [6.45, 7) is 10.6. The summed E-state index contributed by atoms with van der Waals surface area (Å²) >= 11 is 0. The molecule has 7 heteroatoms. The van der Waals surface area contributed by atoms with Crippen LogP contribution in [-0.2, 0) is 17.8 Å². The van der Waals surface area contributed by atoms with E-state index < -0.39 is 0 Å². The molecular weight excluding hydrogens is 465 g/mol. The number of guanidine groups is 1. The van der Waals surface area contributed by atoms with Crippen LogP contribution in [-0.4, -0.2) is 67.0 Å². The summed E-state index contributed by atoms with van der Waals surface area (Å²) in [4.78, 5) is 21.4. The number of hydrogen-bond acceptors (Lipinski definition) is 3. The van der Waals surface area contributed by atoms with Crippen LogP contribution in [0.2, 0.25) is 0 Å². The summed E-state index contributed by atoms with van der Waals surface area (Å²) in [7, 11) is 1.76. The highest BCUT2D eigenvalue weighted by Gasteiger charge is 2.31. The molecule has 2 aliphatic heterocycles. The van der Waals surface area contributed by atoms with Gasteiger partial charge < -0.3 is 15.5 Å². The van der Waals surface area contributed by atoms with Crippen molar-refractivity contribution in [3.05, 3.63) is 35.4 Å². The zero-order valence-electron chi connectivity index (χ0n) is 17.4. The number of carbonyl (C=O) groups is 1. The quantitative estimate of drug-likeness (QED) is 0.379. The summed E-state index contributed by atoms with van der Waals surface area (Å²) in [5, 5.41) is 6.71. The van der Waals surface area contributed by atoms with E-state index in [0.717, 1.165) is 26.1 Å². The summed E-state index contributed by atoms with van der Waals surface area (Å²) < 4.78 is 0. The standard InChI is InChI=1S/C21H33N5O.HI/c1-15(2)26-12-16(3)19(14-26)24-21(22-4)23-11-20(27)25-10-9-17-7-5-6-8-18(17)13-25;/h5-8,15-16,19H,9-14H2,1-4H3,(H2,22,23,24);1H. The van der Waals surface area contributed by atoms with Gasteiger partial charge in [0.25, 0.3) is 0 Å². The minimum absolute atomic E-state index is 0. The molecule has 2 atom stereocenters. The molecule has 1 aromatic rings. The topological polar surface area (TPSA) is 60.0 Å². The fourth-order valence-electron chi connectivity index (χ4n) is 3.96. The number of fused-ring (bicyclic) bond motifs is 1. The third-order valence-corrected chi connectivity index (χ3v) is 5.81. The number of carbonyl (C=O) groups excluding carboxylic acids is 1. The molecule has 0 radical (unpaired) electrons. The maximum atomic E-state index is 12.6. The molecule has 3 rings (SSSR count). The van der Waals surface area contributed by atoms with Gasteiger partial charge in [-0.25, -0.2) is 0 Å². The predicted molar refractivity (Wildman–Crippen MR) is 125 cm³/mol. The Labute approximate surface area is 186 Å². The van der Waals surface area contributed by atoms with Crippen LogP contribution in [0.25, 0.3) is 0 Å². The van der Waals surface area contributed by atoms with Crippen molar-refractivity contribution in [2.75, 3.05) is 33.2 Å². The lowest BCUT2D eigenvalue weighted by Crippen LogP contribution is -2.50. The molecule has 2 aliphatic rings. The monoisotopic (exact) mass is 499 g/mol. The molecule has 2 unspecified atom stereocenters. The molecule has 1 saturated heterocycles. The van der Waals surface area contributed by atoms with Crippen LogP contribution in [0.1, 0.15) is 31.9 Å². The first-order valence-electron chi connectivity index (χ1n) is 10.0. The van der Waals surface area contributed by atoms with Crippen LogP contribution in [0.4, 0.5) is 0 Å². The number of nitrogens with one attached hydrogen (secondary N) is 2. The number of nitrogens with zero attached hydrogens (tertiary/aromatic N) is 3. The number of hydrogen-bond donors (Lipinski definition) is 2. The number of amides is 1. The second-order valence-corrected chi connectivity index (χ2v) is 8.04. The lowest BCUT2D eigenvalue weighted by Gasteiger charge is -2.29. The van der Waals surface area contributed by atoms with Crippen LogP contribution in [0.3, 0.4) is 0 Å². The second-order valence-electron chi connectivity index (χ2n) is 8.04. The van der Waals surface area contributed by atoms with Crippen LogP contribution in [0, 0.1) is 5.92 Å². The SMILES string of the molecule is CN=C(NCC(=O)N1CCc2ccccc2C1)NC1CN(C(C)C)CC1C.I. The van der Waals surface area contributed by atoms with Gasteiger partial charge in [0.15, 0.2) is 5.96 Å². The van der Waals surface area contributed by atoms with E-state index in [1.807, 2.05) is 11.0 Å². The van der Waals surface area contributed by atoms with Crippen molar-refractivity contribution in [3.8, 4) is 0 Å². The van der Waals surface area contributed by atoms with Gasteiger partial charge in [-0.3, -0.25) is 14.7 Å². The third kappa shape index (κ3) is 5.59. The Bertz CT molecular complexity index is 693. The van der Waals surface area contributed by atoms with Crippen LogP contribution < -0.4 is 10.6 Å². The lowest BCUT2D eigenvalue weighted by molar-refractivity contribution is -0.130. The molecule has 0 aromatic heterocycles. The maximum absolute atomic E-state index is 12.6. The highest BCUT2D eigenvalue weighted by atomic mass is 127. The largest absolute Gasteiger partial charge is 0.352 e. The predicted octanol–water partition coefficient (Wildman–Crippen LogP) is 2.08. The molecule has 28 heavy (non-hydrogen) atoms. The van der Waals surface area contributed by atoms with Gasteiger partial charge in [-0.15, -0.1) is 24.0 Å². The lowest BCUT2D eigenvalue weighted by atomic mass is 10.00. The first-order chi connectivity index (χ1) is 13.0. The second kappa shape index (κ2) is 10.4. The molecule has 156 valence electrons. The molecule has 6 nitrogen and oxygen atoms in total. The highest BCUT2D eigenvalue weighted by Crippen LogP contribution is 2.19. The van der Waals surface area contributed by atoms with Gasteiger partial charge in [0, 0.05) is 45.3 Å². The average Bonchev–Trinajstić information content (AvgIpc) is 3.05. The zero-order chi connectivity index (χ0) is 19.4. The fraction of sp³-hybridized carbons (Fsp3) is 0.619. The highest BCUT2D eigenvalue weighted by molar-refractivity contribution is 14.0. The Morgan fingerprint density at radius 1 is 1.25 bits per heavy atom. The number of benzene rings is 1. The Kier molecular flexibility index (Phi) is 8.55. The number of halogens is 1. The zero-order valence-corrected chi connectivity index (χ0v) is 19.8. The van der Waals surface area contributed by atoms with Gasteiger partial charge in [0.05, 0.1) is 6.54 Å². The first kappa shape index (κ1) is 22.9. The Hall–Kier alpha value is -1.35. The van der Waals surface area contributed by atoms with E-state index in [0.29, 0.717) is 30.5 Å². The molecule has 0 spiro atoms. The van der Waals surface area contributed by atoms with Gasteiger partial charge in [-0.05, 0) is 37.3 Å². The summed E-state index contributed by atoms with van der Waals surface area (Å²) in [6, 6.07) is 9.29. The maximum Gasteiger partial charge on any atom is 0.242 e. The fourth-order valence-corrected chi connectivity index (χ4v) is 3.96. The third-order valence-electron chi connectivity index (χ3n) is 5.81. The number of aliphatic imine (C=N–C) groups is 1. The minimum atomic E-state index is 0. The van der Waals surface area contributed by atoms with Crippen molar-refractivity contribution in [3.63, 3.8) is 0 Å². The number of rotatable bonds is 4. The van der Waals surface area contributed by atoms with Gasteiger partial charge in [-0.2, -0.15) is 0 Å². The Balaban J connectivity index is 0.00000280. The molecule has 2 N–H and O–H groups in total. The van der Waals surface area contributed by atoms with E-state index >= 15 is 0 Å². The summed E-state index contributed by atoms with van der Waals surface area (Å²) in [6.07, 6.45) is 0.930. The molecule has 2 heterocycles. The van der Waals surface area contributed by atoms with Crippen molar-refractivity contribution in [2.24, 2.45) is 10.9 Å². The van der Waals surface area contributed by atoms with E-state index in [9.17, 15) is 4.79 Å². The van der Waals surface area contributed by atoms with Crippen molar-refractivity contribution < 1.29 is 4.79 Å². The van der Waals surface area contributed by atoms with Gasteiger partial charge in [-0.1, -0.05) is 31.2 Å². The first-order valence-corrected chi connectivity index (χ1v) is 10.0. The van der Waals surface area contributed by atoms with Gasteiger partial charge >= 0.3 is 0 Å². The Morgan fingerprint density at radius 2 is 1.96 bits per heavy atom. The van der Waals surface area contributed by atoms with Crippen LogP contribution >= 0.6 is 24.0 Å². The van der Waals surface area contributed by atoms with E-state index in [1.54, 1.807) is 7.05 Å². The molecule has 1 amide bonds. The van der Waals surface area contributed by atoms with Crippen molar-refractivity contribution in [2.45, 2.75) is 45.8 Å². The number of likely N-dealkylation sites (tertiary alicyclic amines) is 1. The van der Waals surface area contributed by atoms with Crippen molar-refractivity contribution in [1.29, 1.82) is 0 Å². The molecular formula is C21H34IN5O. The molecule has 1 fully saturated rings. The molecule has 0 aliphatic carbocycles. The minimum Gasteiger partial charge on any atom is -0.352 e. The van der Waals surface area contributed by atoms with Gasteiger partial charge in [0.2, 0.25) is 5.91 Å². The van der Waals surface area contributed by atoms with E-state index in [1.165, 1.54) is 11.1 Å².